The van der Waals surface area contributed by atoms with Gasteiger partial charge < -0.3 is 4.42 Å². The van der Waals surface area contributed by atoms with Crippen molar-refractivity contribution in [3.63, 3.8) is 0 Å². The Hall–Kier alpha value is -6.70. The molecule has 0 saturated heterocycles. The summed E-state index contributed by atoms with van der Waals surface area (Å²) >= 11 is 0. The van der Waals surface area contributed by atoms with Gasteiger partial charge >= 0.3 is 0 Å². The molecule has 11 aromatic rings. The highest BCUT2D eigenvalue weighted by Crippen LogP contribution is 2.46. The van der Waals surface area contributed by atoms with Crippen LogP contribution < -0.4 is 0 Å². The first-order valence-corrected chi connectivity index (χ1v) is 15.2. The molecule has 10 aromatic carbocycles. The number of rotatable bonds is 3. The monoisotopic (exact) mass is 675 g/mol. The highest BCUT2D eigenvalue weighted by molar-refractivity contribution is 6.24. The predicted octanol–water partition coefficient (Wildman–Crippen LogP) is 14.4. The maximum atomic E-state index is 9.95. The summed E-state index contributed by atoms with van der Waals surface area (Å²) < 4.78 is 269. The van der Waals surface area contributed by atoms with Crippen LogP contribution in [0.15, 0.2) is 186 Å². The van der Waals surface area contributed by atoms with Crippen molar-refractivity contribution in [1.29, 1.82) is 0 Å². The molecule has 236 valence electrons. The summed E-state index contributed by atoms with van der Waals surface area (Å²) in [6, 6.07) is -24.4. The van der Waals surface area contributed by atoms with Crippen LogP contribution in [0.25, 0.3) is 109 Å². The van der Waals surface area contributed by atoms with Gasteiger partial charge in [0.1, 0.15) is 11.2 Å². The van der Waals surface area contributed by atoms with Crippen LogP contribution in [-0.4, -0.2) is 0 Å². The Morgan fingerprint density at radius 3 is 1.69 bits per heavy atom. The van der Waals surface area contributed by atoms with Gasteiger partial charge in [0.2, 0.25) is 0 Å². The topological polar surface area (TPSA) is 13.1 Å². The van der Waals surface area contributed by atoms with E-state index in [0.717, 1.165) is 6.07 Å². The summed E-state index contributed by atoms with van der Waals surface area (Å²) in [5.74, 6) is 0. The minimum absolute atomic E-state index is 0.293. The molecule has 1 heterocycles. The minimum Gasteiger partial charge on any atom is -0.456 e. The smallest absolute Gasteiger partial charge is 0.136 e. The van der Waals surface area contributed by atoms with Crippen LogP contribution in [0, 0.1) is 0 Å². The number of hydrogen-bond acceptors (Lipinski definition) is 1. The average molecular weight is 676 g/mol. The van der Waals surface area contributed by atoms with E-state index in [1.807, 2.05) is 0 Å². The lowest BCUT2D eigenvalue weighted by Crippen LogP contribution is -1.91. The molecule has 1 aromatic heterocycles. The van der Waals surface area contributed by atoms with E-state index in [-0.39, 0.29) is 16.2 Å². The van der Waals surface area contributed by atoms with Crippen molar-refractivity contribution in [2.75, 3.05) is 0 Å². The molecule has 51 heavy (non-hydrogen) atoms. The fourth-order valence-corrected chi connectivity index (χ4v) is 6.39. The number of benzene rings is 10. The van der Waals surface area contributed by atoms with Crippen LogP contribution >= 0.6 is 0 Å². The van der Waals surface area contributed by atoms with Crippen molar-refractivity contribution in [3.05, 3.63) is 181 Å². The van der Waals surface area contributed by atoms with E-state index < -0.39 is 268 Å². The summed E-state index contributed by atoms with van der Waals surface area (Å²) in [5, 5.41) is -6.91. The van der Waals surface area contributed by atoms with Gasteiger partial charge in [0, 0.05) is 10.8 Å². The molecular formula is C50H30O. The van der Waals surface area contributed by atoms with Gasteiger partial charge in [0.25, 0.3) is 0 Å². The lowest BCUT2D eigenvalue weighted by Gasteiger charge is -2.19. The van der Waals surface area contributed by atoms with E-state index in [2.05, 4.69) is 0 Å². The van der Waals surface area contributed by atoms with Crippen molar-refractivity contribution in [2.45, 2.75) is 0 Å². The third-order valence-corrected chi connectivity index (χ3v) is 8.59. The molecule has 0 amide bonds. The molecule has 0 bridgehead atoms. The van der Waals surface area contributed by atoms with E-state index >= 15 is 0 Å². The lowest BCUT2D eigenvalue weighted by molar-refractivity contribution is 0.669. The summed E-state index contributed by atoms with van der Waals surface area (Å²) in [4.78, 5) is 0. The van der Waals surface area contributed by atoms with Crippen molar-refractivity contribution in [1.82, 2.24) is 0 Å². The van der Waals surface area contributed by atoms with Crippen molar-refractivity contribution in [3.8, 4) is 33.4 Å². The Bertz CT molecular complexity index is 4780. The van der Waals surface area contributed by atoms with Crippen LogP contribution in [0.3, 0.4) is 0 Å². The van der Waals surface area contributed by atoms with Gasteiger partial charge in [0.15, 0.2) is 0 Å². The number of furan rings is 1. The first kappa shape index (κ1) is 12.0. The molecule has 0 aliphatic heterocycles. The molecule has 0 unspecified atom stereocenters. The molecule has 0 spiro atoms. The van der Waals surface area contributed by atoms with Gasteiger partial charge in [-0.15, -0.1) is 0 Å². The summed E-state index contributed by atoms with van der Waals surface area (Å²) in [7, 11) is 0. The lowest BCUT2D eigenvalue weighted by atomic mass is 9.84. The molecule has 0 aliphatic rings. The highest BCUT2D eigenvalue weighted by Gasteiger charge is 2.18. The average Bonchev–Trinajstić information content (AvgIpc) is 3.23. The van der Waals surface area contributed by atoms with Gasteiger partial charge in [-0.05, 0) is 117 Å². The fourth-order valence-electron chi connectivity index (χ4n) is 6.39. The van der Waals surface area contributed by atoms with Gasteiger partial charge in [0.05, 0.1) is 39.8 Å². The molecule has 11 rings (SSSR count). The Balaban J connectivity index is 1.34. The third kappa shape index (κ3) is 4.28. The zero-order chi connectivity index (χ0) is 58.7. The van der Waals surface area contributed by atoms with Crippen LogP contribution in [0.2, 0.25) is 0 Å². The van der Waals surface area contributed by atoms with Crippen LogP contribution in [0.4, 0.5) is 0 Å². The van der Waals surface area contributed by atoms with Crippen molar-refractivity contribution >= 4 is 75.8 Å². The highest BCUT2D eigenvalue weighted by atomic mass is 16.3. The van der Waals surface area contributed by atoms with Gasteiger partial charge in [-0.3, -0.25) is 0 Å². The second kappa shape index (κ2) is 10.9. The molecule has 0 atom stereocenters. The summed E-state index contributed by atoms with van der Waals surface area (Å²) in [5.41, 5.74) is -5.19. The quantitative estimate of drug-likeness (QED) is 0.170. The van der Waals surface area contributed by atoms with E-state index in [1.54, 1.807) is 0 Å². The van der Waals surface area contributed by atoms with Crippen LogP contribution in [-0.2, 0) is 0 Å². The fraction of sp³-hybridized carbons (Fsp3) is 0. The Kier molecular flexibility index (Phi) is 2.56. The van der Waals surface area contributed by atoms with E-state index in [0.29, 0.717) is 0 Å². The SMILES string of the molecule is [2H]c1c(-c2c3c([2H])c([2H])c([2H])c([2H])c3c(-c3c([2H])c([2H])c([2H])c4c([2H])c([2H])c([2H])c([2H])c34)c3c([2H])c([2H])c([2H])c([2H])c23)c([2H])c2c([2H])c(-c3c([2H])c([2H])c4c(oc5c([2H])c([2H])c6c([2H])c([2H])c([2H])c([2H])c6c54)c3[2H])cc([2H])c2c1[2H]. The Morgan fingerprint density at radius 1 is 0.333 bits per heavy atom. The van der Waals surface area contributed by atoms with Gasteiger partial charge in [-0.1, -0.05) is 151 Å². The van der Waals surface area contributed by atoms with E-state index in [4.69, 9.17) is 26.3 Å². The molecule has 0 saturated carbocycles. The number of fused-ring (bicyclic) bond motifs is 9. The normalized spacial score (nSPS) is 19.9. The molecule has 1 nitrogen and oxygen atoms in total. The zero-order valence-corrected chi connectivity index (χ0v) is 25.5. The van der Waals surface area contributed by atoms with Gasteiger partial charge in [-0.2, -0.15) is 0 Å². The van der Waals surface area contributed by atoms with E-state index in [1.165, 1.54) is 0 Å². The first-order valence-electron chi connectivity index (χ1n) is 29.7. The molecule has 0 fully saturated rings. The maximum Gasteiger partial charge on any atom is 0.136 e. The molecule has 0 aliphatic carbocycles. The largest absolute Gasteiger partial charge is 0.456 e. The maximum absolute atomic E-state index is 9.95. The summed E-state index contributed by atoms with van der Waals surface area (Å²) in [6.45, 7) is 0. The van der Waals surface area contributed by atoms with Gasteiger partial charge in [-0.25, -0.2) is 0 Å². The summed E-state index contributed by atoms with van der Waals surface area (Å²) in [6.07, 6.45) is 0. The first-order chi connectivity index (χ1) is 37.4. The second-order valence-corrected chi connectivity index (χ2v) is 11.3. The molecule has 1 heteroatoms. The Labute approximate surface area is 335 Å². The molecule has 0 N–H and O–H groups in total. The van der Waals surface area contributed by atoms with Crippen LogP contribution in [0.5, 0.6) is 0 Å². The molecular weight excluding hydrogens is 617 g/mol. The predicted molar refractivity (Wildman–Crippen MR) is 218 cm³/mol. The zero-order valence-electron chi connectivity index (χ0n) is 54.5. The minimum atomic E-state index is -1.00. The number of hydrogen-bond donors (Lipinski definition) is 0. The molecule has 0 radical (unpaired) electrons. The third-order valence-electron chi connectivity index (χ3n) is 8.59. The second-order valence-electron chi connectivity index (χ2n) is 11.3. The van der Waals surface area contributed by atoms with Crippen LogP contribution in [0.1, 0.15) is 39.8 Å². The Morgan fingerprint density at radius 2 is 0.922 bits per heavy atom. The van der Waals surface area contributed by atoms with Crippen molar-refractivity contribution < 1.29 is 44.2 Å². The standard InChI is InChI=1S/C50H30O/c1-3-13-38-32(10-1)12-9-19-40(38)49-43-17-7-5-15-41(43)48(42-16-6-8-18-44(42)49)36-23-21-31-20-22-34(28-37(31)29-36)35-24-26-45-47(30-35)51-46-27-25-33-11-2-4-14-39(33)50(45)46/h1-30H/i1D,2D,3D,4D,5D,6D,7D,8D,9D,10D,11D,12D,13D,14D,15D,16D,17D,18D,19D,20D,21D,23D,24D,25D,26D,27D,28D,29D,30D. The van der Waals surface area contributed by atoms with E-state index in [9.17, 15) is 17.8 Å². The van der Waals surface area contributed by atoms with Crippen molar-refractivity contribution in [2.24, 2.45) is 0 Å².